The first-order valence-corrected chi connectivity index (χ1v) is 10.3. The van der Waals surface area contributed by atoms with Gasteiger partial charge in [-0.1, -0.05) is 48.5 Å². The van der Waals surface area contributed by atoms with Crippen LogP contribution < -0.4 is 10.6 Å². The zero-order valence-corrected chi connectivity index (χ0v) is 16.3. The minimum atomic E-state index is -0.0970. The van der Waals surface area contributed by atoms with Gasteiger partial charge in [0.05, 0.1) is 19.3 Å². The summed E-state index contributed by atoms with van der Waals surface area (Å²) in [6, 6.07) is 16.9. The van der Waals surface area contributed by atoms with Crippen molar-refractivity contribution in [2.75, 3.05) is 26.3 Å². The smallest absolute Gasteiger partial charge is 0.315 e. The van der Waals surface area contributed by atoms with E-state index in [2.05, 4.69) is 64.1 Å². The molecule has 1 saturated heterocycles. The molecule has 1 fully saturated rings. The second kappa shape index (κ2) is 9.22. The Bertz CT molecular complexity index is 802. The summed E-state index contributed by atoms with van der Waals surface area (Å²) in [5, 5.41) is 6.18. The highest BCUT2D eigenvalue weighted by Crippen LogP contribution is 2.29. The summed E-state index contributed by atoms with van der Waals surface area (Å²) in [7, 11) is 0. The maximum absolute atomic E-state index is 12.5. The largest absolute Gasteiger partial charge is 0.379 e. The first kappa shape index (κ1) is 19.0. The molecule has 2 aliphatic rings. The molecule has 2 aromatic carbocycles. The van der Waals surface area contributed by atoms with Crippen LogP contribution in [-0.4, -0.2) is 37.2 Å². The Kier molecular flexibility index (Phi) is 6.24. The van der Waals surface area contributed by atoms with Crippen LogP contribution in [0, 0.1) is 0 Å². The van der Waals surface area contributed by atoms with Gasteiger partial charge in [0.25, 0.3) is 0 Å². The summed E-state index contributed by atoms with van der Waals surface area (Å²) in [5.74, 6) is 0. The number of aryl methyl sites for hydroxylation is 1. The average Bonchev–Trinajstić information content (AvgIpc) is 2.74. The number of nitrogens with zero attached hydrogens (tertiary/aromatic N) is 1. The number of nitrogens with one attached hydrogen (secondary N) is 2. The molecule has 1 aliphatic carbocycles. The maximum Gasteiger partial charge on any atom is 0.315 e. The molecule has 0 bridgehead atoms. The normalized spacial score (nSPS) is 19.6. The van der Waals surface area contributed by atoms with E-state index in [1.54, 1.807) is 0 Å². The summed E-state index contributed by atoms with van der Waals surface area (Å²) < 4.78 is 5.41. The molecule has 5 heteroatoms. The molecule has 0 saturated carbocycles. The van der Waals surface area contributed by atoms with Crippen LogP contribution in [0.1, 0.15) is 41.1 Å². The fourth-order valence-electron chi connectivity index (χ4n) is 4.15. The van der Waals surface area contributed by atoms with Gasteiger partial charge in [0.15, 0.2) is 0 Å². The Morgan fingerprint density at radius 1 is 1.07 bits per heavy atom. The van der Waals surface area contributed by atoms with Crippen LogP contribution in [0.25, 0.3) is 0 Å². The summed E-state index contributed by atoms with van der Waals surface area (Å²) >= 11 is 0. The van der Waals surface area contributed by atoms with Crippen LogP contribution in [-0.2, 0) is 24.2 Å². The summed E-state index contributed by atoms with van der Waals surface area (Å²) in [6.45, 7) is 5.05. The van der Waals surface area contributed by atoms with Crippen molar-refractivity contribution in [3.8, 4) is 0 Å². The summed E-state index contributed by atoms with van der Waals surface area (Å²) in [5.41, 5.74) is 5.03. The SMILES string of the molecule is O=C(NCc1cccc(CN2CCOCC2)c1)N[C@@H]1CCCc2ccccc21. The zero-order chi connectivity index (χ0) is 19.2. The number of carbonyl (C=O) groups excluding carboxylic acids is 1. The number of morpholine rings is 1. The minimum absolute atomic E-state index is 0.0970. The van der Waals surface area contributed by atoms with Crippen LogP contribution in [0.5, 0.6) is 0 Å². The van der Waals surface area contributed by atoms with E-state index in [1.165, 1.54) is 16.7 Å². The molecule has 2 N–H and O–H groups in total. The van der Waals surface area contributed by atoms with Gasteiger partial charge in [0.1, 0.15) is 0 Å². The van der Waals surface area contributed by atoms with Crippen molar-refractivity contribution in [3.63, 3.8) is 0 Å². The Morgan fingerprint density at radius 3 is 2.79 bits per heavy atom. The first-order valence-electron chi connectivity index (χ1n) is 10.3. The average molecular weight is 380 g/mol. The molecule has 5 nitrogen and oxygen atoms in total. The number of fused-ring (bicyclic) bond motifs is 1. The van der Waals surface area contributed by atoms with Gasteiger partial charge in [-0.05, 0) is 41.5 Å². The molecule has 2 aromatic rings. The van der Waals surface area contributed by atoms with Crippen molar-refractivity contribution in [3.05, 3.63) is 70.8 Å². The lowest BCUT2D eigenvalue weighted by atomic mass is 9.88. The standard InChI is InChI=1S/C23H29N3O2/c27-23(25-22-10-4-8-20-7-1-2-9-21(20)22)24-16-18-5-3-6-19(15-18)17-26-11-13-28-14-12-26/h1-3,5-7,9,15,22H,4,8,10-14,16-17H2,(H2,24,25,27)/t22-/m1/s1. The van der Waals surface area contributed by atoms with Crippen molar-refractivity contribution in [2.24, 2.45) is 0 Å². The molecule has 0 spiro atoms. The fourth-order valence-corrected chi connectivity index (χ4v) is 4.15. The fraction of sp³-hybridized carbons (Fsp3) is 0.435. The second-order valence-electron chi connectivity index (χ2n) is 7.68. The highest BCUT2D eigenvalue weighted by molar-refractivity contribution is 5.74. The molecule has 1 heterocycles. The molecule has 1 aliphatic heterocycles. The van der Waals surface area contributed by atoms with Gasteiger partial charge in [-0.2, -0.15) is 0 Å². The number of carbonyl (C=O) groups is 1. The number of rotatable bonds is 5. The molecule has 2 amide bonds. The highest BCUT2D eigenvalue weighted by atomic mass is 16.5. The van der Waals surface area contributed by atoms with Gasteiger partial charge in [-0.3, -0.25) is 4.90 Å². The van der Waals surface area contributed by atoms with E-state index in [0.29, 0.717) is 6.54 Å². The van der Waals surface area contributed by atoms with Crippen LogP contribution in [0.3, 0.4) is 0 Å². The number of hydrogen-bond donors (Lipinski definition) is 2. The van der Waals surface area contributed by atoms with Crippen LogP contribution in [0.4, 0.5) is 4.79 Å². The van der Waals surface area contributed by atoms with Gasteiger partial charge < -0.3 is 15.4 Å². The molecular weight excluding hydrogens is 350 g/mol. The van der Waals surface area contributed by atoms with Gasteiger partial charge in [0, 0.05) is 26.2 Å². The third-order valence-corrected chi connectivity index (χ3v) is 5.63. The van der Waals surface area contributed by atoms with E-state index < -0.39 is 0 Å². The summed E-state index contributed by atoms with van der Waals surface area (Å²) in [6.07, 6.45) is 3.22. The molecular formula is C23H29N3O2. The number of amides is 2. The topological polar surface area (TPSA) is 53.6 Å². The van der Waals surface area contributed by atoms with E-state index >= 15 is 0 Å². The predicted molar refractivity (Wildman–Crippen MR) is 110 cm³/mol. The molecule has 1 atom stereocenters. The maximum atomic E-state index is 12.5. The lowest BCUT2D eigenvalue weighted by Gasteiger charge is -2.27. The van der Waals surface area contributed by atoms with E-state index in [0.717, 1.165) is 57.7 Å². The second-order valence-corrected chi connectivity index (χ2v) is 7.68. The minimum Gasteiger partial charge on any atom is -0.379 e. The first-order chi connectivity index (χ1) is 13.8. The third kappa shape index (κ3) is 4.91. The number of hydrogen-bond acceptors (Lipinski definition) is 3. The Balaban J connectivity index is 1.30. The summed E-state index contributed by atoms with van der Waals surface area (Å²) in [4.78, 5) is 14.9. The van der Waals surface area contributed by atoms with E-state index in [4.69, 9.17) is 4.74 Å². The number of urea groups is 1. The highest BCUT2D eigenvalue weighted by Gasteiger charge is 2.21. The van der Waals surface area contributed by atoms with Crippen molar-refractivity contribution in [1.29, 1.82) is 0 Å². The van der Waals surface area contributed by atoms with E-state index in [1.807, 2.05) is 0 Å². The number of benzene rings is 2. The van der Waals surface area contributed by atoms with Crippen molar-refractivity contribution in [2.45, 2.75) is 38.4 Å². The third-order valence-electron chi connectivity index (χ3n) is 5.63. The Labute approximate surface area is 167 Å². The van der Waals surface area contributed by atoms with Crippen LogP contribution in [0.15, 0.2) is 48.5 Å². The molecule has 4 rings (SSSR count). The van der Waals surface area contributed by atoms with E-state index in [-0.39, 0.29) is 12.1 Å². The predicted octanol–water partition coefficient (Wildman–Crippen LogP) is 3.40. The molecule has 0 unspecified atom stereocenters. The van der Waals surface area contributed by atoms with Crippen molar-refractivity contribution in [1.82, 2.24) is 15.5 Å². The van der Waals surface area contributed by atoms with Crippen LogP contribution in [0.2, 0.25) is 0 Å². The molecule has 0 radical (unpaired) electrons. The van der Waals surface area contributed by atoms with E-state index in [9.17, 15) is 4.79 Å². The quantitative estimate of drug-likeness (QED) is 0.837. The monoisotopic (exact) mass is 379 g/mol. The lowest BCUT2D eigenvalue weighted by Crippen LogP contribution is -2.38. The van der Waals surface area contributed by atoms with Gasteiger partial charge in [0.2, 0.25) is 0 Å². The van der Waals surface area contributed by atoms with Gasteiger partial charge >= 0.3 is 6.03 Å². The lowest BCUT2D eigenvalue weighted by molar-refractivity contribution is 0.0342. The molecule has 0 aromatic heterocycles. The zero-order valence-electron chi connectivity index (χ0n) is 16.3. The van der Waals surface area contributed by atoms with Crippen LogP contribution >= 0.6 is 0 Å². The number of ether oxygens (including phenoxy) is 1. The Hall–Kier alpha value is -2.37. The van der Waals surface area contributed by atoms with Crippen molar-refractivity contribution < 1.29 is 9.53 Å². The van der Waals surface area contributed by atoms with Crippen molar-refractivity contribution >= 4 is 6.03 Å². The van der Waals surface area contributed by atoms with Gasteiger partial charge in [-0.15, -0.1) is 0 Å². The Morgan fingerprint density at radius 2 is 1.89 bits per heavy atom. The molecule has 28 heavy (non-hydrogen) atoms. The van der Waals surface area contributed by atoms with Gasteiger partial charge in [-0.25, -0.2) is 4.79 Å². The molecule has 148 valence electrons.